The minimum absolute atomic E-state index is 0.225. The molecule has 0 unspecified atom stereocenters. The first-order valence-corrected chi connectivity index (χ1v) is 10.2. The molecule has 3 heterocycles. The van der Waals surface area contributed by atoms with Crippen molar-refractivity contribution in [3.8, 4) is 11.3 Å². The zero-order valence-corrected chi connectivity index (χ0v) is 17.9. The van der Waals surface area contributed by atoms with E-state index in [2.05, 4.69) is 39.3 Å². The molecule has 30 heavy (non-hydrogen) atoms. The van der Waals surface area contributed by atoms with E-state index < -0.39 is 0 Å². The second-order valence-electron chi connectivity index (χ2n) is 7.92. The molecule has 4 aromatic rings. The summed E-state index contributed by atoms with van der Waals surface area (Å²) >= 11 is 0. The van der Waals surface area contributed by atoms with Crippen LogP contribution in [0.15, 0.2) is 42.6 Å². The van der Waals surface area contributed by atoms with E-state index in [0.29, 0.717) is 0 Å². The number of nitrogens with zero attached hydrogens (tertiary/aromatic N) is 6. The molecular formula is C23H27FN6. The third kappa shape index (κ3) is 4.26. The molecule has 0 spiro atoms. The van der Waals surface area contributed by atoms with Crippen molar-refractivity contribution >= 4 is 11.0 Å². The van der Waals surface area contributed by atoms with Gasteiger partial charge in [0.05, 0.1) is 17.1 Å². The quantitative estimate of drug-likeness (QED) is 0.467. The Labute approximate surface area is 176 Å². The molecule has 0 N–H and O–H groups in total. The average molecular weight is 407 g/mol. The van der Waals surface area contributed by atoms with Crippen molar-refractivity contribution in [2.75, 3.05) is 13.6 Å². The monoisotopic (exact) mass is 406 g/mol. The van der Waals surface area contributed by atoms with Crippen LogP contribution in [0.5, 0.6) is 0 Å². The number of hydrogen-bond donors (Lipinski definition) is 0. The molecule has 0 aliphatic carbocycles. The number of aryl methyl sites for hydroxylation is 4. The fourth-order valence-electron chi connectivity index (χ4n) is 3.90. The van der Waals surface area contributed by atoms with Gasteiger partial charge < -0.3 is 4.90 Å². The highest BCUT2D eigenvalue weighted by atomic mass is 19.1. The SMILES string of the molecule is Cc1nn(C)c2ncc(CN(C)CCCc3cc(-c4ccc(F)cc4)n(C)n3)cc12. The normalized spacial score (nSPS) is 11.7. The van der Waals surface area contributed by atoms with E-state index in [1.54, 1.807) is 12.1 Å². The molecule has 0 aliphatic heterocycles. The molecule has 156 valence electrons. The van der Waals surface area contributed by atoms with Crippen molar-refractivity contribution < 1.29 is 4.39 Å². The lowest BCUT2D eigenvalue weighted by atomic mass is 10.1. The van der Waals surface area contributed by atoms with Gasteiger partial charge in [0.1, 0.15) is 5.82 Å². The Kier molecular flexibility index (Phi) is 5.63. The zero-order chi connectivity index (χ0) is 21.3. The van der Waals surface area contributed by atoms with E-state index in [1.807, 2.05) is 36.6 Å². The van der Waals surface area contributed by atoms with Crippen LogP contribution in [0.1, 0.15) is 23.4 Å². The van der Waals surface area contributed by atoms with Gasteiger partial charge in [-0.15, -0.1) is 0 Å². The molecule has 4 rings (SSSR count). The van der Waals surface area contributed by atoms with Gasteiger partial charge in [-0.2, -0.15) is 10.2 Å². The first-order chi connectivity index (χ1) is 14.4. The average Bonchev–Trinajstić information content (AvgIpc) is 3.21. The van der Waals surface area contributed by atoms with Gasteiger partial charge in [0.2, 0.25) is 0 Å². The number of aromatic nitrogens is 5. The molecule has 0 radical (unpaired) electrons. The number of hydrogen-bond acceptors (Lipinski definition) is 4. The van der Waals surface area contributed by atoms with Crippen LogP contribution in [0.4, 0.5) is 4.39 Å². The Morgan fingerprint density at radius 1 is 1.03 bits per heavy atom. The lowest BCUT2D eigenvalue weighted by molar-refractivity contribution is 0.321. The molecule has 0 aliphatic rings. The summed E-state index contributed by atoms with van der Waals surface area (Å²) in [6.07, 6.45) is 3.85. The summed E-state index contributed by atoms with van der Waals surface area (Å²) in [6, 6.07) is 10.8. The minimum Gasteiger partial charge on any atom is -0.302 e. The molecule has 0 saturated heterocycles. The van der Waals surface area contributed by atoms with E-state index in [9.17, 15) is 4.39 Å². The molecule has 0 amide bonds. The molecule has 1 aromatic carbocycles. The second-order valence-corrected chi connectivity index (χ2v) is 7.92. The van der Waals surface area contributed by atoms with Crippen LogP contribution < -0.4 is 0 Å². The van der Waals surface area contributed by atoms with Crippen LogP contribution in [0.2, 0.25) is 0 Å². The fourth-order valence-corrected chi connectivity index (χ4v) is 3.90. The van der Waals surface area contributed by atoms with Gasteiger partial charge in [-0.3, -0.25) is 9.36 Å². The summed E-state index contributed by atoms with van der Waals surface area (Å²) in [4.78, 5) is 6.87. The molecule has 0 fully saturated rings. The maximum atomic E-state index is 13.2. The van der Waals surface area contributed by atoms with Crippen LogP contribution >= 0.6 is 0 Å². The van der Waals surface area contributed by atoms with Gasteiger partial charge >= 0.3 is 0 Å². The molecule has 0 saturated carbocycles. The Bertz CT molecular complexity index is 1160. The number of pyridine rings is 1. The van der Waals surface area contributed by atoms with Crippen LogP contribution in [0.3, 0.4) is 0 Å². The van der Waals surface area contributed by atoms with Crippen LogP contribution in [-0.2, 0) is 27.1 Å². The largest absolute Gasteiger partial charge is 0.302 e. The zero-order valence-electron chi connectivity index (χ0n) is 17.9. The van der Waals surface area contributed by atoms with E-state index in [0.717, 1.165) is 59.6 Å². The standard InChI is InChI=1S/C23H27FN6/c1-16-21-12-17(14-25-23(21)30(4)26-16)15-28(2)11-5-6-20-13-22(29(3)27-20)18-7-9-19(24)10-8-18/h7-10,12-14H,5-6,11,15H2,1-4H3. The highest BCUT2D eigenvalue weighted by Crippen LogP contribution is 2.21. The predicted molar refractivity (Wildman–Crippen MR) is 117 cm³/mol. The van der Waals surface area contributed by atoms with Crippen molar-refractivity contribution in [3.63, 3.8) is 0 Å². The summed E-state index contributed by atoms with van der Waals surface area (Å²) in [5.74, 6) is -0.225. The first kappa shape index (κ1) is 20.2. The Morgan fingerprint density at radius 3 is 2.57 bits per heavy atom. The summed E-state index contributed by atoms with van der Waals surface area (Å²) in [7, 11) is 5.98. The predicted octanol–water partition coefficient (Wildman–Crippen LogP) is 3.88. The van der Waals surface area contributed by atoms with E-state index in [1.165, 1.54) is 17.7 Å². The van der Waals surface area contributed by atoms with Gasteiger partial charge in [-0.1, -0.05) is 0 Å². The van der Waals surface area contributed by atoms with Crippen molar-refractivity contribution in [1.82, 2.24) is 29.4 Å². The fraction of sp³-hybridized carbons (Fsp3) is 0.348. The van der Waals surface area contributed by atoms with Gasteiger partial charge in [0, 0.05) is 32.2 Å². The Hall–Kier alpha value is -3.06. The van der Waals surface area contributed by atoms with Crippen LogP contribution in [-0.4, -0.2) is 43.0 Å². The summed E-state index contributed by atoms with van der Waals surface area (Å²) < 4.78 is 16.9. The number of halogens is 1. The van der Waals surface area contributed by atoms with Gasteiger partial charge in [0.25, 0.3) is 0 Å². The lowest BCUT2D eigenvalue weighted by Crippen LogP contribution is -2.19. The van der Waals surface area contributed by atoms with E-state index >= 15 is 0 Å². The topological polar surface area (TPSA) is 51.8 Å². The van der Waals surface area contributed by atoms with Gasteiger partial charge in [-0.05, 0) is 80.9 Å². The summed E-state index contributed by atoms with van der Waals surface area (Å²) in [5.41, 5.74) is 6.16. The highest BCUT2D eigenvalue weighted by Gasteiger charge is 2.10. The van der Waals surface area contributed by atoms with E-state index in [-0.39, 0.29) is 5.82 Å². The third-order valence-corrected chi connectivity index (χ3v) is 5.42. The highest BCUT2D eigenvalue weighted by molar-refractivity contribution is 5.78. The van der Waals surface area contributed by atoms with Gasteiger partial charge in [0.15, 0.2) is 5.65 Å². The van der Waals surface area contributed by atoms with Crippen molar-refractivity contribution in [2.24, 2.45) is 14.1 Å². The number of fused-ring (bicyclic) bond motifs is 1. The molecule has 0 bridgehead atoms. The minimum atomic E-state index is -0.225. The maximum Gasteiger partial charge on any atom is 0.157 e. The lowest BCUT2D eigenvalue weighted by Gasteiger charge is -2.16. The Morgan fingerprint density at radius 2 is 1.80 bits per heavy atom. The Balaban J connectivity index is 1.34. The number of benzene rings is 1. The molecule has 6 nitrogen and oxygen atoms in total. The molecule has 3 aromatic heterocycles. The summed E-state index contributed by atoms with van der Waals surface area (Å²) in [6.45, 7) is 3.83. The van der Waals surface area contributed by atoms with Crippen molar-refractivity contribution in [2.45, 2.75) is 26.3 Å². The van der Waals surface area contributed by atoms with Crippen LogP contribution in [0.25, 0.3) is 22.3 Å². The third-order valence-electron chi connectivity index (χ3n) is 5.42. The number of rotatable bonds is 7. The van der Waals surface area contributed by atoms with E-state index in [4.69, 9.17) is 0 Å². The van der Waals surface area contributed by atoms with Gasteiger partial charge in [-0.25, -0.2) is 9.37 Å². The second kappa shape index (κ2) is 8.36. The van der Waals surface area contributed by atoms with Crippen molar-refractivity contribution in [3.05, 3.63) is 65.4 Å². The van der Waals surface area contributed by atoms with Crippen molar-refractivity contribution in [1.29, 1.82) is 0 Å². The maximum absolute atomic E-state index is 13.2. The van der Waals surface area contributed by atoms with Crippen LogP contribution in [0, 0.1) is 12.7 Å². The first-order valence-electron chi connectivity index (χ1n) is 10.2. The summed E-state index contributed by atoms with van der Waals surface area (Å²) in [5, 5.41) is 10.2. The molecule has 0 atom stereocenters. The molecular weight excluding hydrogens is 379 g/mol. The molecule has 7 heteroatoms. The smallest absolute Gasteiger partial charge is 0.157 e.